The minimum Gasteiger partial charge on any atom is -0.360 e. The summed E-state index contributed by atoms with van der Waals surface area (Å²) >= 11 is 0. The molecule has 1 aromatic heterocycles. The summed E-state index contributed by atoms with van der Waals surface area (Å²) in [6.07, 6.45) is 2.42. The van der Waals surface area contributed by atoms with Gasteiger partial charge in [-0.05, 0) is 37.7 Å². The van der Waals surface area contributed by atoms with E-state index in [0.29, 0.717) is 17.5 Å². The molecule has 1 saturated heterocycles. The third-order valence-corrected chi connectivity index (χ3v) is 5.04. The average molecular weight is 310 g/mol. The van der Waals surface area contributed by atoms with Crippen LogP contribution in [0.4, 0.5) is 5.82 Å². The first-order valence-corrected chi connectivity index (χ1v) is 8.01. The molecule has 1 aliphatic heterocycles. The van der Waals surface area contributed by atoms with Crippen molar-refractivity contribution in [3.8, 4) is 0 Å². The smallest absolute Gasteiger partial charge is 0.239 e. The van der Waals surface area contributed by atoms with E-state index in [1.54, 1.807) is 13.0 Å². The van der Waals surface area contributed by atoms with E-state index >= 15 is 0 Å². The zero-order chi connectivity index (χ0) is 16.0. The zero-order valence-corrected chi connectivity index (χ0v) is 12.9. The molecule has 1 saturated carbocycles. The van der Waals surface area contributed by atoms with Crippen molar-refractivity contribution >= 4 is 17.6 Å². The van der Waals surface area contributed by atoms with Crippen LogP contribution in [0.1, 0.15) is 36.5 Å². The lowest BCUT2D eigenvalue weighted by atomic mass is 9.73. The maximum Gasteiger partial charge on any atom is 0.239 e. The fraction of sp³-hybridized carbons (Fsp3) is 0.389. The molecule has 2 fully saturated rings. The number of carbonyl (C=O) groups excluding carboxylic acids is 2. The Hall–Kier alpha value is -2.43. The molecule has 0 spiro atoms. The van der Waals surface area contributed by atoms with E-state index < -0.39 is 0 Å². The highest BCUT2D eigenvalue weighted by Crippen LogP contribution is 2.45. The maximum atomic E-state index is 12.8. The Bertz CT molecular complexity index is 753. The first-order chi connectivity index (χ1) is 11.1. The first kappa shape index (κ1) is 14.2. The monoisotopic (exact) mass is 310 g/mol. The molecule has 2 heterocycles. The van der Waals surface area contributed by atoms with Gasteiger partial charge in [-0.1, -0.05) is 35.5 Å². The highest BCUT2D eigenvalue weighted by molar-refractivity contribution is 6.21. The van der Waals surface area contributed by atoms with Crippen LogP contribution in [0.15, 0.2) is 40.9 Å². The molecule has 1 aliphatic carbocycles. The second-order valence-corrected chi connectivity index (χ2v) is 6.44. The van der Waals surface area contributed by atoms with Crippen molar-refractivity contribution in [2.75, 3.05) is 4.90 Å². The number of aryl methyl sites for hydroxylation is 1. The minimum absolute atomic E-state index is 0.125. The van der Waals surface area contributed by atoms with E-state index in [1.807, 2.05) is 18.2 Å². The lowest BCUT2D eigenvalue weighted by Gasteiger charge is -2.28. The number of anilines is 1. The number of hydrogen-bond acceptors (Lipinski definition) is 4. The van der Waals surface area contributed by atoms with Gasteiger partial charge < -0.3 is 4.52 Å². The molecule has 1 aromatic carbocycles. The number of nitrogens with zero attached hydrogens (tertiary/aromatic N) is 2. The Morgan fingerprint density at radius 3 is 2.52 bits per heavy atom. The van der Waals surface area contributed by atoms with Crippen LogP contribution in [0.5, 0.6) is 0 Å². The average Bonchev–Trinajstić information content (AvgIpc) is 3.10. The van der Waals surface area contributed by atoms with Gasteiger partial charge in [-0.25, -0.2) is 4.90 Å². The summed E-state index contributed by atoms with van der Waals surface area (Å²) in [5, 5.41) is 3.84. The zero-order valence-electron chi connectivity index (χ0n) is 12.9. The van der Waals surface area contributed by atoms with Crippen molar-refractivity contribution in [1.82, 2.24) is 5.16 Å². The summed E-state index contributed by atoms with van der Waals surface area (Å²) in [4.78, 5) is 26.6. The van der Waals surface area contributed by atoms with Crippen molar-refractivity contribution in [2.24, 2.45) is 11.8 Å². The SMILES string of the molecule is Cc1cc(N2C(=O)[C@H]3CC[C@@H](c4ccccc4)C[C@@H]3C2=O)no1. The van der Waals surface area contributed by atoms with Gasteiger partial charge >= 0.3 is 0 Å². The van der Waals surface area contributed by atoms with E-state index in [-0.39, 0.29) is 23.7 Å². The molecule has 2 amide bonds. The van der Waals surface area contributed by atoms with Gasteiger partial charge in [0, 0.05) is 6.07 Å². The molecule has 2 aliphatic rings. The summed E-state index contributed by atoms with van der Waals surface area (Å²) in [7, 11) is 0. The number of rotatable bonds is 2. The van der Waals surface area contributed by atoms with Crippen LogP contribution in [0.25, 0.3) is 0 Å². The minimum atomic E-state index is -0.238. The van der Waals surface area contributed by atoms with Gasteiger partial charge in [0.05, 0.1) is 11.8 Å². The van der Waals surface area contributed by atoms with Gasteiger partial charge in [-0.15, -0.1) is 0 Å². The number of aromatic nitrogens is 1. The molecular weight excluding hydrogens is 292 g/mol. The third-order valence-electron chi connectivity index (χ3n) is 5.04. The van der Waals surface area contributed by atoms with E-state index in [2.05, 4.69) is 17.3 Å². The Labute approximate surface area is 134 Å². The largest absolute Gasteiger partial charge is 0.360 e. The van der Waals surface area contributed by atoms with Crippen LogP contribution in [-0.4, -0.2) is 17.0 Å². The molecule has 0 N–H and O–H groups in total. The van der Waals surface area contributed by atoms with Crippen molar-refractivity contribution < 1.29 is 14.1 Å². The molecule has 23 heavy (non-hydrogen) atoms. The Balaban J connectivity index is 1.60. The standard InChI is InChI=1S/C18H18N2O3/c1-11-9-16(19-23-11)20-17(21)14-8-7-13(10-15(14)18(20)22)12-5-3-2-4-6-12/h2-6,9,13-15H,7-8,10H2,1H3/t13-,14+,15+/m1/s1. The maximum absolute atomic E-state index is 12.8. The molecule has 2 aromatic rings. The van der Waals surface area contributed by atoms with Gasteiger partial charge in [-0.3, -0.25) is 9.59 Å². The molecular formula is C18H18N2O3. The Morgan fingerprint density at radius 1 is 1.09 bits per heavy atom. The summed E-state index contributed by atoms with van der Waals surface area (Å²) in [5.41, 5.74) is 1.25. The summed E-state index contributed by atoms with van der Waals surface area (Å²) < 4.78 is 5.02. The lowest BCUT2D eigenvalue weighted by Crippen LogP contribution is -2.31. The van der Waals surface area contributed by atoms with Crippen LogP contribution >= 0.6 is 0 Å². The predicted molar refractivity (Wildman–Crippen MR) is 83.7 cm³/mol. The number of carbonyl (C=O) groups is 2. The summed E-state index contributed by atoms with van der Waals surface area (Å²) in [6.45, 7) is 1.75. The summed E-state index contributed by atoms with van der Waals surface area (Å²) in [6, 6.07) is 11.9. The fourth-order valence-corrected chi connectivity index (χ4v) is 3.89. The van der Waals surface area contributed by atoms with Crippen molar-refractivity contribution in [3.05, 3.63) is 47.7 Å². The lowest BCUT2D eigenvalue weighted by molar-refractivity contribution is -0.122. The van der Waals surface area contributed by atoms with Gasteiger partial charge in [0.2, 0.25) is 11.8 Å². The van der Waals surface area contributed by atoms with Gasteiger partial charge in [0.15, 0.2) is 5.82 Å². The Morgan fingerprint density at radius 2 is 1.83 bits per heavy atom. The number of hydrogen-bond donors (Lipinski definition) is 0. The molecule has 0 unspecified atom stereocenters. The van der Waals surface area contributed by atoms with E-state index in [0.717, 1.165) is 19.3 Å². The number of fused-ring (bicyclic) bond motifs is 1. The molecule has 5 heteroatoms. The highest BCUT2D eigenvalue weighted by Gasteiger charge is 2.51. The highest BCUT2D eigenvalue weighted by atomic mass is 16.5. The fourth-order valence-electron chi connectivity index (χ4n) is 3.89. The predicted octanol–water partition coefficient (Wildman–Crippen LogP) is 3.06. The molecule has 5 nitrogen and oxygen atoms in total. The van der Waals surface area contributed by atoms with Crippen LogP contribution in [0.2, 0.25) is 0 Å². The molecule has 4 rings (SSSR count). The third kappa shape index (κ3) is 2.27. The molecule has 0 bridgehead atoms. The second kappa shape index (κ2) is 5.33. The van der Waals surface area contributed by atoms with Crippen molar-refractivity contribution in [1.29, 1.82) is 0 Å². The van der Waals surface area contributed by atoms with Gasteiger partial charge in [-0.2, -0.15) is 0 Å². The van der Waals surface area contributed by atoms with Crippen molar-refractivity contribution in [2.45, 2.75) is 32.1 Å². The number of benzene rings is 1. The molecule has 0 radical (unpaired) electrons. The quantitative estimate of drug-likeness (QED) is 0.800. The van der Waals surface area contributed by atoms with Crippen LogP contribution in [-0.2, 0) is 9.59 Å². The summed E-state index contributed by atoms with van der Waals surface area (Å²) in [5.74, 6) is 0.556. The van der Waals surface area contributed by atoms with Crippen LogP contribution < -0.4 is 4.90 Å². The second-order valence-electron chi connectivity index (χ2n) is 6.44. The van der Waals surface area contributed by atoms with Crippen molar-refractivity contribution in [3.63, 3.8) is 0 Å². The van der Waals surface area contributed by atoms with E-state index in [4.69, 9.17) is 4.52 Å². The van der Waals surface area contributed by atoms with E-state index in [1.165, 1.54) is 10.5 Å². The van der Waals surface area contributed by atoms with Gasteiger partial charge in [0.1, 0.15) is 5.76 Å². The van der Waals surface area contributed by atoms with Crippen LogP contribution in [0, 0.1) is 18.8 Å². The normalized spacial score (nSPS) is 27.3. The number of amides is 2. The topological polar surface area (TPSA) is 63.4 Å². The first-order valence-electron chi connectivity index (χ1n) is 8.01. The van der Waals surface area contributed by atoms with E-state index in [9.17, 15) is 9.59 Å². The number of imide groups is 1. The Kier molecular flexibility index (Phi) is 3.29. The molecule has 118 valence electrons. The van der Waals surface area contributed by atoms with Crippen LogP contribution in [0.3, 0.4) is 0 Å². The van der Waals surface area contributed by atoms with Gasteiger partial charge in [0.25, 0.3) is 0 Å². The molecule has 3 atom stereocenters.